The summed E-state index contributed by atoms with van der Waals surface area (Å²) in [7, 11) is 0. The van der Waals surface area contributed by atoms with Gasteiger partial charge >= 0.3 is 0 Å². The standard InChI is InChI=1S/C24H19FN6O4/c25-18-12-29-31-20(24(34)28-11-15-2-1-5-26-9-15)8-19(30-22(18)31)23(33)27-10-14-3-4-21-16(6-14)7-17(32)13-35-21/h1-6,8-9,12H,7,10-11,13H2,(H,27,33)(H,28,34). The van der Waals surface area contributed by atoms with Crippen molar-refractivity contribution in [2.75, 3.05) is 6.61 Å². The van der Waals surface area contributed by atoms with Crippen molar-refractivity contribution >= 4 is 23.2 Å². The van der Waals surface area contributed by atoms with Gasteiger partial charge in [-0.15, -0.1) is 0 Å². The first kappa shape index (κ1) is 22.1. The number of nitrogens with one attached hydrogen (secondary N) is 2. The Bertz CT molecular complexity index is 1450. The second-order valence-corrected chi connectivity index (χ2v) is 7.93. The summed E-state index contributed by atoms with van der Waals surface area (Å²) < 4.78 is 20.7. The van der Waals surface area contributed by atoms with E-state index in [-0.39, 0.29) is 48.9 Å². The van der Waals surface area contributed by atoms with Crippen LogP contribution in [0, 0.1) is 5.82 Å². The molecule has 11 heteroatoms. The number of ketones is 1. The maximum absolute atomic E-state index is 14.3. The highest BCUT2D eigenvalue weighted by molar-refractivity contribution is 5.98. The van der Waals surface area contributed by atoms with Gasteiger partial charge in [0.15, 0.2) is 17.2 Å². The van der Waals surface area contributed by atoms with Crippen molar-refractivity contribution in [2.24, 2.45) is 0 Å². The molecule has 0 fully saturated rings. The predicted octanol–water partition coefficient (Wildman–Crippen LogP) is 1.63. The minimum atomic E-state index is -0.764. The first-order valence-electron chi connectivity index (χ1n) is 10.7. The summed E-state index contributed by atoms with van der Waals surface area (Å²) in [5, 5.41) is 9.30. The monoisotopic (exact) mass is 474 g/mol. The Hall–Kier alpha value is -4.67. The van der Waals surface area contributed by atoms with Crippen LogP contribution >= 0.6 is 0 Å². The molecular formula is C24H19FN6O4. The van der Waals surface area contributed by atoms with E-state index >= 15 is 0 Å². The lowest BCUT2D eigenvalue weighted by atomic mass is 10.0. The van der Waals surface area contributed by atoms with E-state index in [9.17, 15) is 18.8 Å². The van der Waals surface area contributed by atoms with E-state index in [0.29, 0.717) is 5.75 Å². The Morgan fingerprint density at radius 3 is 2.71 bits per heavy atom. The maximum atomic E-state index is 14.3. The molecule has 1 aliphatic rings. The largest absolute Gasteiger partial charge is 0.486 e. The van der Waals surface area contributed by atoms with E-state index in [1.165, 1.54) is 6.07 Å². The van der Waals surface area contributed by atoms with Crippen molar-refractivity contribution in [3.8, 4) is 5.75 Å². The first-order chi connectivity index (χ1) is 17.0. The predicted molar refractivity (Wildman–Crippen MR) is 120 cm³/mol. The Labute approximate surface area is 198 Å². The number of hydrogen-bond donors (Lipinski definition) is 2. The van der Waals surface area contributed by atoms with E-state index in [1.807, 2.05) is 0 Å². The molecule has 0 atom stereocenters. The van der Waals surface area contributed by atoms with Crippen molar-refractivity contribution in [3.63, 3.8) is 0 Å². The molecule has 10 nitrogen and oxygen atoms in total. The van der Waals surface area contributed by atoms with Crippen LogP contribution in [0.5, 0.6) is 5.75 Å². The third-order valence-electron chi connectivity index (χ3n) is 5.42. The molecule has 4 aromatic rings. The third kappa shape index (κ3) is 4.69. The molecule has 4 heterocycles. The number of amides is 2. The average Bonchev–Trinajstić information content (AvgIpc) is 3.26. The van der Waals surface area contributed by atoms with Crippen LogP contribution in [0.4, 0.5) is 4.39 Å². The highest BCUT2D eigenvalue weighted by Crippen LogP contribution is 2.24. The van der Waals surface area contributed by atoms with Crippen molar-refractivity contribution < 1.29 is 23.5 Å². The molecule has 0 saturated heterocycles. The van der Waals surface area contributed by atoms with Crippen molar-refractivity contribution in [2.45, 2.75) is 19.5 Å². The number of benzene rings is 1. The van der Waals surface area contributed by atoms with Gasteiger partial charge in [-0.2, -0.15) is 5.10 Å². The molecular weight excluding hydrogens is 455 g/mol. The van der Waals surface area contributed by atoms with E-state index in [1.54, 1.807) is 42.7 Å². The lowest BCUT2D eigenvalue weighted by Gasteiger charge is -2.17. The summed E-state index contributed by atoms with van der Waals surface area (Å²) in [5.74, 6) is -1.30. The quantitative estimate of drug-likeness (QED) is 0.435. The summed E-state index contributed by atoms with van der Waals surface area (Å²) in [6, 6.07) is 10.1. The number of ether oxygens (including phenoxy) is 1. The smallest absolute Gasteiger partial charge is 0.270 e. The third-order valence-corrected chi connectivity index (χ3v) is 5.42. The lowest BCUT2D eigenvalue weighted by molar-refractivity contribution is -0.121. The van der Waals surface area contributed by atoms with Gasteiger partial charge in [0.1, 0.15) is 23.7 Å². The topological polar surface area (TPSA) is 128 Å². The molecule has 35 heavy (non-hydrogen) atoms. The summed E-state index contributed by atoms with van der Waals surface area (Å²) in [5.41, 5.74) is 1.85. The van der Waals surface area contributed by atoms with E-state index in [0.717, 1.165) is 27.4 Å². The Morgan fingerprint density at radius 1 is 1.06 bits per heavy atom. The van der Waals surface area contributed by atoms with Crippen LogP contribution in [0.2, 0.25) is 0 Å². The number of rotatable bonds is 6. The van der Waals surface area contributed by atoms with Gasteiger partial charge in [0, 0.05) is 43.5 Å². The van der Waals surface area contributed by atoms with E-state index < -0.39 is 17.6 Å². The number of hydrogen-bond acceptors (Lipinski definition) is 7. The molecule has 0 spiro atoms. The fourth-order valence-corrected chi connectivity index (χ4v) is 3.71. The van der Waals surface area contributed by atoms with Crippen LogP contribution in [-0.2, 0) is 24.3 Å². The molecule has 2 amide bonds. The van der Waals surface area contributed by atoms with Crippen LogP contribution in [0.25, 0.3) is 5.65 Å². The zero-order chi connectivity index (χ0) is 24.4. The number of aromatic nitrogens is 4. The van der Waals surface area contributed by atoms with Crippen LogP contribution in [0.3, 0.4) is 0 Å². The highest BCUT2D eigenvalue weighted by atomic mass is 19.1. The SMILES string of the molecule is O=C1COc2ccc(CNC(=O)c3cc(C(=O)NCc4cccnc4)n4ncc(F)c4n3)cc2C1. The first-order valence-corrected chi connectivity index (χ1v) is 10.7. The van der Waals surface area contributed by atoms with Crippen LogP contribution in [0.15, 0.2) is 55.0 Å². The molecule has 0 radical (unpaired) electrons. The summed E-state index contributed by atoms with van der Waals surface area (Å²) >= 11 is 0. The van der Waals surface area contributed by atoms with E-state index in [4.69, 9.17) is 4.74 Å². The van der Waals surface area contributed by atoms with Gasteiger partial charge in [0.2, 0.25) is 0 Å². The number of pyridine rings is 1. The van der Waals surface area contributed by atoms with Crippen LogP contribution in [0.1, 0.15) is 37.7 Å². The number of fused-ring (bicyclic) bond motifs is 2. The number of Topliss-reactive ketones (excluding diaryl/α,β-unsaturated/α-hetero) is 1. The van der Waals surface area contributed by atoms with Crippen LogP contribution < -0.4 is 15.4 Å². The van der Waals surface area contributed by atoms with Gasteiger partial charge < -0.3 is 15.4 Å². The molecule has 176 valence electrons. The molecule has 1 aromatic carbocycles. The summed E-state index contributed by atoms with van der Waals surface area (Å²) in [6.07, 6.45) is 4.43. The molecule has 1 aliphatic heterocycles. The Kier molecular flexibility index (Phi) is 5.88. The van der Waals surface area contributed by atoms with Gasteiger partial charge in [-0.25, -0.2) is 13.9 Å². The molecule has 0 bridgehead atoms. The number of carbonyl (C=O) groups is 3. The van der Waals surface area contributed by atoms with Gasteiger partial charge in [-0.05, 0) is 29.3 Å². The molecule has 0 saturated carbocycles. The molecule has 0 aliphatic carbocycles. The van der Waals surface area contributed by atoms with Crippen molar-refractivity contribution in [3.05, 3.63) is 88.9 Å². The van der Waals surface area contributed by atoms with Gasteiger partial charge in [0.05, 0.1) is 6.20 Å². The minimum absolute atomic E-state index is 0.0200. The lowest BCUT2D eigenvalue weighted by Crippen LogP contribution is -2.28. The fourth-order valence-electron chi connectivity index (χ4n) is 3.71. The average molecular weight is 474 g/mol. The molecule has 0 unspecified atom stereocenters. The summed E-state index contributed by atoms with van der Waals surface area (Å²) in [4.78, 5) is 45.4. The molecule has 5 rings (SSSR count). The number of halogens is 1. The molecule has 2 N–H and O–H groups in total. The fraction of sp³-hybridized carbons (Fsp3) is 0.167. The van der Waals surface area contributed by atoms with Gasteiger partial charge in [-0.3, -0.25) is 19.4 Å². The normalized spacial score (nSPS) is 12.7. The molecule has 3 aromatic heterocycles. The van der Waals surface area contributed by atoms with Crippen LogP contribution in [-0.4, -0.2) is 43.8 Å². The zero-order valence-corrected chi connectivity index (χ0v) is 18.3. The van der Waals surface area contributed by atoms with Crippen molar-refractivity contribution in [1.29, 1.82) is 0 Å². The Balaban J connectivity index is 1.34. The second-order valence-electron chi connectivity index (χ2n) is 7.93. The van der Waals surface area contributed by atoms with E-state index in [2.05, 4.69) is 25.7 Å². The maximum Gasteiger partial charge on any atom is 0.270 e. The van der Waals surface area contributed by atoms with Crippen molar-refractivity contribution in [1.82, 2.24) is 30.2 Å². The highest BCUT2D eigenvalue weighted by Gasteiger charge is 2.21. The zero-order valence-electron chi connectivity index (χ0n) is 18.3. The number of carbonyl (C=O) groups excluding carboxylic acids is 3. The Morgan fingerprint density at radius 2 is 1.89 bits per heavy atom. The second kappa shape index (κ2) is 9.29. The summed E-state index contributed by atoms with van der Waals surface area (Å²) in [6.45, 7) is 0.379. The number of nitrogens with zero attached hydrogens (tertiary/aromatic N) is 4. The minimum Gasteiger partial charge on any atom is -0.486 e. The van der Waals surface area contributed by atoms with Gasteiger partial charge in [-0.1, -0.05) is 12.1 Å². The van der Waals surface area contributed by atoms with Gasteiger partial charge in [0.25, 0.3) is 11.8 Å².